The van der Waals surface area contributed by atoms with Crippen molar-refractivity contribution in [2.24, 2.45) is 5.41 Å². The maximum atomic E-state index is 12.2. The number of nitrogens with one attached hydrogen (secondary N) is 1. The van der Waals surface area contributed by atoms with E-state index in [1.54, 1.807) is 0 Å². The molecule has 2 atom stereocenters. The molecule has 2 rings (SSSR count). The molecule has 2 unspecified atom stereocenters. The third-order valence-corrected chi connectivity index (χ3v) is 3.47. The SMILES string of the molecule is CCCCN1C(=O)NC2COCC2(C)C1=O. The van der Waals surface area contributed by atoms with Crippen LogP contribution in [0.5, 0.6) is 0 Å². The number of urea groups is 1. The molecule has 2 saturated heterocycles. The smallest absolute Gasteiger partial charge is 0.324 e. The fourth-order valence-electron chi connectivity index (χ4n) is 2.23. The lowest BCUT2D eigenvalue weighted by molar-refractivity contribution is -0.141. The predicted molar refractivity (Wildman–Crippen MR) is 57.9 cm³/mol. The van der Waals surface area contributed by atoms with E-state index in [9.17, 15) is 9.59 Å². The maximum absolute atomic E-state index is 12.2. The molecule has 0 bridgehead atoms. The number of hydrogen-bond acceptors (Lipinski definition) is 3. The van der Waals surface area contributed by atoms with Crippen LogP contribution in [0.15, 0.2) is 0 Å². The molecule has 5 heteroatoms. The number of unbranched alkanes of at least 4 members (excludes halogenated alkanes) is 1. The maximum Gasteiger partial charge on any atom is 0.324 e. The van der Waals surface area contributed by atoms with Gasteiger partial charge in [-0.15, -0.1) is 0 Å². The van der Waals surface area contributed by atoms with Crippen LogP contribution in [0.2, 0.25) is 0 Å². The summed E-state index contributed by atoms with van der Waals surface area (Å²) >= 11 is 0. The van der Waals surface area contributed by atoms with Gasteiger partial charge in [0, 0.05) is 6.54 Å². The zero-order valence-electron chi connectivity index (χ0n) is 9.78. The molecule has 2 heterocycles. The van der Waals surface area contributed by atoms with Gasteiger partial charge in [0.2, 0.25) is 5.91 Å². The third-order valence-electron chi connectivity index (χ3n) is 3.47. The molecule has 1 N–H and O–H groups in total. The van der Waals surface area contributed by atoms with Gasteiger partial charge in [-0.1, -0.05) is 13.3 Å². The van der Waals surface area contributed by atoms with Gasteiger partial charge in [-0.25, -0.2) is 4.79 Å². The van der Waals surface area contributed by atoms with Crippen molar-refractivity contribution in [1.82, 2.24) is 10.2 Å². The van der Waals surface area contributed by atoms with Gasteiger partial charge in [0.1, 0.15) is 0 Å². The molecule has 2 fully saturated rings. The summed E-state index contributed by atoms with van der Waals surface area (Å²) in [4.78, 5) is 25.3. The first-order chi connectivity index (χ1) is 7.59. The van der Waals surface area contributed by atoms with Crippen LogP contribution in [-0.4, -0.2) is 42.6 Å². The van der Waals surface area contributed by atoms with Crippen molar-refractivity contribution in [3.05, 3.63) is 0 Å². The van der Waals surface area contributed by atoms with Crippen molar-refractivity contribution in [1.29, 1.82) is 0 Å². The van der Waals surface area contributed by atoms with E-state index < -0.39 is 5.41 Å². The van der Waals surface area contributed by atoms with Gasteiger partial charge < -0.3 is 10.1 Å². The zero-order chi connectivity index (χ0) is 11.8. The van der Waals surface area contributed by atoms with Crippen LogP contribution in [0, 0.1) is 5.41 Å². The van der Waals surface area contributed by atoms with E-state index in [-0.39, 0.29) is 18.0 Å². The highest BCUT2D eigenvalue weighted by Crippen LogP contribution is 2.33. The standard InChI is InChI=1S/C11H18N2O3/c1-3-4-5-13-9(14)11(2)7-16-6-8(11)12-10(13)15/h8H,3-7H2,1-2H3,(H,12,15). The van der Waals surface area contributed by atoms with Crippen LogP contribution in [0.3, 0.4) is 0 Å². The van der Waals surface area contributed by atoms with E-state index >= 15 is 0 Å². The molecule has 3 amide bonds. The number of fused-ring (bicyclic) bond motifs is 1. The van der Waals surface area contributed by atoms with E-state index in [4.69, 9.17) is 4.74 Å². The molecule has 5 nitrogen and oxygen atoms in total. The topological polar surface area (TPSA) is 58.6 Å². The molecule has 0 aliphatic carbocycles. The minimum Gasteiger partial charge on any atom is -0.378 e. The van der Waals surface area contributed by atoms with Gasteiger partial charge in [-0.05, 0) is 13.3 Å². The van der Waals surface area contributed by atoms with Crippen LogP contribution < -0.4 is 5.32 Å². The Hall–Kier alpha value is -1.10. The van der Waals surface area contributed by atoms with Crippen LogP contribution in [0.4, 0.5) is 4.79 Å². The first-order valence-electron chi connectivity index (χ1n) is 5.80. The van der Waals surface area contributed by atoms with Crippen molar-refractivity contribution >= 4 is 11.9 Å². The van der Waals surface area contributed by atoms with E-state index in [0.717, 1.165) is 12.8 Å². The Kier molecular flexibility index (Phi) is 2.88. The van der Waals surface area contributed by atoms with Crippen LogP contribution in [0.1, 0.15) is 26.7 Å². The minimum atomic E-state index is -0.568. The highest BCUT2D eigenvalue weighted by atomic mass is 16.5. The van der Waals surface area contributed by atoms with Crippen molar-refractivity contribution in [2.75, 3.05) is 19.8 Å². The second kappa shape index (κ2) is 4.05. The Bertz CT molecular complexity index is 318. The number of imide groups is 1. The quantitative estimate of drug-likeness (QED) is 0.772. The Morgan fingerprint density at radius 3 is 3.00 bits per heavy atom. The summed E-state index contributed by atoms with van der Waals surface area (Å²) in [6.07, 6.45) is 1.81. The van der Waals surface area contributed by atoms with E-state index in [2.05, 4.69) is 5.32 Å². The molecule has 90 valence electrons. The summed E-state index contributed by atoms with van der Waals surface area (Å²) in [5, 5.41) is 2.85. The monoisotopic (exact) mass is 226 g/mol. The summed E-state index contributed by atoms with van der Waals surface area (Å²) in [6, 6.07) is -0.434. The van der Waals surface area contributed by atoms with Crippen molar-refractivity contribution in [3.8, 4) is 0 Å². The highest BCUT2D eigenvalue weighted by molar-refractivity contribution is 6.00. The van der Waals surface area contributed by atoms with E-state index in [1.165, 1.54) is 4.90 Å². The van der Waals surface area contributed by atoms with Gasteiger partial charge in [0.25, 0.3) is 0 Å². The number of ether oxygens (including phenoxy) is 1. The van der Waals surface area contributed by atoms with Gasteiger partial charge in [-0.3, -0.25) is 9.69 Å². The molecule has 0 radical (unpaired) electrons. The molecule has 0 spiro atoms. The molecule has 2 aliphatic heterocycles. The van der Waals surface area contributed by atoms with Crippen LogP contribution in [0.25, 0.3) is 0 Å². The summed E-state index contributed by atoms with van der Waals surface area (Å²) in [5.41, 5.74) is -0.568. The lowest BCUT2D eigenvalue weighted by Gasteiger charge is -2.39. The Balaban J connectivity index is 2.15. The second-order valence-corrected chi connectivity index (χ2v) is 4.75. The average Bonchev–Trinajstić information content (AvgIpc) is 2.61. The number of amides is 3. The number of hydrogen-bond donors (Lipinski definition) is 1. The molecule has 0 saturated carbocycles. The minimum absolute atomic E-state index is 0.0906. The van der Waals surface area contributed by atoms with Gasteiger partial charge in [-0.2, -0.15) is 0 Å². The molecule has 0 aromatic rings. The molecular formula is C11H18N2O3. The molecule has 16 heavy (non-hydrogen) atoms. The fourth-order valence-corrected chi connectivity index (χ4v) is 2.23. The van der Waals surface area contributed by atoms with Crippen molar-refractivity contribution in [3.63, 3.8) is 0 Å². The van der Waals surface area contributed by atoms with Crippen molar-refractivity contribution in [2.45, 2.75) is 32.7 Å². The van der Waals surface area contributed by atoms with Crippen LogP contribution in [-0.2, 0) is 9.53 Å². The molecular weight excluding hydrogens is 208 g/mol. The number of rotatable bonds is 3. The zero-order valence-corrected chi connectivity index (χ0v) is 9.78. The van der Waals surface area contributed by atoms with Gasteiger partial charge in [0.05, 0.1) is 24.7 Å². The Morgan fingerprint density at radius 2 is 2.31 bits per heavy atom. The molecule has 0 aromatic carbocycles. The summed E-state index contributed by atoms with van der Waals surface area (Å²) in [7, 11) is 0. The van der Waals surface area contributed by atoms with E-state index in [0.29, 0.717) is 19.8 Å². The summed E-state index contributed by atoms with van der Waals surface area (Å²) < 4.78 is 5.30. The summed E-state index contributed by atoms with van der Waals surface area (Å²) in [5.74, 6) is -0.0906. The fraction of sp³-hybridized carbons (Fsp3) is 0.818. The van der Waals surface area contributed by atoms with Crippen LogP contribution >= 0.6 is 0 Å². The first-order valence-corrected chi connectivity index (χ1v) is 5.80. The largest absolute Gasteiger partial charge is 0.378 e. The lowest BCUT2D eigenvalue weighted by Crippen LogP contribution is -2.64. The first kappa shape index (κ1) is 11.4. The third kappa shape index (κ3) is 1.59. The highest BCUT2D eigenvalue weighted by Gasteiger charge is 2.53. The Labute approximate surface area is 95.1 Å². The number of carbonyl (C=O) groups is 2. The van der Waals surface area contributed by atoms with E-state index in [1.807, 2.05) is 13.8 Å². The second-order valence-electron chi connectivity index (χ2n) is 4.75. The van der Waals surface area contributed by atoms with Gasteiger partial charge in [0.15, 0.2) is 0 Å². The average molecular weight is 226 g/mol. The molecule has 2 aliphatic rings. The number of carbonyl (C=O) groups excluding carboxylic acids is 2. The Morgan fingerprint density at radius 1 is 1.56 bits per heavy atom. The van der Waals surface area contributed by atoms with Gasteiger partial charge >= 0.3 is 6.03 Å². The predicted octanol–water partition coefficient (Wildman–Crippen LogP) is 0.743. The molecule has 0 aromatic heterocycles. The van der Waals surface area contributed by atoms with Crippen molar-refractivity contribution < 1.29 is 14.3 Å². The normalized spacial score (nSPS) is 33.9. The summed E-state index contributed by atoms with van der Waals surface area (Å²) in [6.45, 7) is 5.25. The lowest BCUT2D eigenvalue weighted by atomic mass is 9.82. The number of nitrogens with zero attached hydrogens (tertiary/aromatic N) is 1.